The number of nitrogens with zero attached hydrogens (tertiary/aromatic N) is 5. The summed E-state index contributed by atoms with van der Waals surface area (Å²) in [6, 6.07) is 3.72. The van der Waals surface area contributed by atoms with Gasteiger partial charge in [0.25, 0.3) is 5.56 Å². The smallest absolute Gasteiger partial charge is 0.292 e. The number of pyridine rings is 1. The Morgan fingerprint density at radius 3 is 2.76 bits per heavy atom. The summed E-state index contributed by atoms with van der Waals surface area (Å²) >= 11 is 0. The van der Waals surface area contributed by atoms with Crippen molar-refractivity contribution in [1.82, 2.24) is 25.0 Å². The van der Waals surface area contributed by atoms with E-state index >= 15 is 0 Å². The van der Waals surface area contributed by atoms with Gasteiger partial charge in [-0.25, -0.2) is 4.68 Å². The zero-order chi connectivity index (χ0) is 20.6. The number of hydrogen-bond donors (Lipinski definition) is 2. The third-order valence-electron chi connectivity index (χ3n) is 4.82. The van der Waals surface area contributed by atoms with E-state index in [2.05, 4.69) is 38.7 Å². The highest BCUT2D eigenvalue weighted by atomic mass is 16.1. The number of rotatable bonds is 7. The zero-order valence-corrected chi connectivity index (χ0v) is 16.8. The quantitative estimate of drug-likeness (QED) is 0.667. The molecule has 29 heavy (non-hydrogen) atoms. The summed E-state index contributed by atoms with van der Waals surface area (Å²) in [5.74, 6) is 5.97. The van der Waals surface area contributed by atoms with Crippen LogP contribution in [0.3, 0.4) is 0 Å². The molecule has 8 nitrogen and oxygen atoms in total. The number of nitrogens with one attached hydrogen (secondary N) is 1. The second-order valence-electron chi connectivity index (χ2n) is 6.88. The first-order chi connectivity index (χ1) is 14.1. The van der Waals surface area contributed by atoms with Crippen molar-refractivity contribution in [3.8, 4) is 11.8 Å². The average Bonchev–Trinajstić information content (AvgIpc) is 2.75. The monoisotopic (exact) mass is 393 g/mol. The fourth-order valence-corrected chi connectivity index (χ4v) is 3.25. The van der Waals surface area contributed by atoms with Crippen LogP contribution in [0.15, 0.2) is 42.1 Å². The Balaban J connectivity index is 1.88. The maximum atomic E-state index is 13.2. The van der Waals surface area contributed by atoms with E-state index in [4.69, 9.17) is 5.73 Å². The Labute approximate surface area is 171 Å². The number of aromatic nitrogens is 3. The van der Waals surface area contributed by atoms with Gasteiger partial charge >= 0.3 is 0 Å². The number of allylic oxidation sites excluding steroid dienone is 1. The average molecular weight is 393 g/mol. The molecule has 0 radical (unpaired) electrons. The van der Waals surface area contributed by atoms with Gasteiger partial charge in [-0.1, -0.05) is 12.5 Å². The molecule has 152 valence electrons. The molecular formula is C21H27N7O. The predicted molar refractivity (Wildman–Crippen MR) is 116 cm³/mol. The fraction of sp³-hybridized carbons (Fsp3) is 0.381. The molecule has 3 heterocycles. The number of nitrogens with two attached hydrogens (primary N) is 1. The van der Waals surface area contributed by atoms with Crippen molar-refractivity contribution in [2.45, 2.75) is 13.5 Å². The van der Waals surface area contributed by atoms with E-state index in [1.165, 1.54) is 10.9 Å². The molecule has 0 spiro atoms. The normalized spacial score (nSPS) is 14.1. The standard InChI is InChI=1S/C21H27N7O/c1-3-4-11-27(16-26-12-9-24-10-13-26)20-19(22)14-25-28(21(20)29)15-17(2)18-5-7-23-8-6-18/h5-8,14,24H,2,9-13,15-16,22H2,1H3. The Morgan fingerprint density at radius 1 is 1.34 bits per heavy atom. The van der Waals surface area contributed by atoms with Crippen LogP contribution < -0.4 is 21.5 Å². The summed E-state index contributed by atoms with van der Waals surface area (Å²) in [6.07, 6.45) is 4.92. The van der Waals surface area contributed by atoms with Crippen molar-refractivity contribution in [2.24, 2.45) is 0 Å². The number of piperazine rings is 1. The van der Waals surface area contributed by atoms with E-state index in [-0.39, 0.29) is 12.1 Å². The topological polar surface area (TPSA) is 92.3 Å². The first-order valence-corrected chi connectivity index (χ1v) is 9.61. The molecular weight excluding hydrogens is 366 g/mol. The molecule has 0 amide bonds. The molecule has 3 rings (SSSR count). The SMILES string of the molecule is C=C(Cn1ncc(N)c(N(CC#CC)CN2CCNCC2)c1=O)c1ccncc1. The summed E-state index contributed by atoms with van der Waals surface area (Å²) in [6.45, 7) is 10.8. The number of anilines is 2. The van der Waals surface area contributed by atoms with Crippen molar-refractivity contribution < 1.29 is 0 Å². The lowest BCUT2D eigenvalue weighted by atomic mass is 10.1. The highest BCUT2D eigenvalue weighted by Gasteiger charge is 2.20. The molecule has 0 atom stereocenters. The van der Waals surface area contributed by atoms with Gasteiger partial charge < -0.3 is 16.0 Å². The third-order valence-corrected chi connectivity index (χ3v) is 4.82. The van der Waals surface area contributed by atoms with Gasteiger partial charge in [-0.15, -0.1) is 5.92 Å². The number of nitrogen functional groups attached to an aromatic ring is 1. The first kappa shape index (κ1) is 20.6. The maximum absolute atomic E-state index is 13.2. The largest absolute Gasteiger partial charge is 0.396 e. The molecule has 2 aromatic heterocycles. The Morgan fingerprint density at radius 2 is 2.07 bits per heavy atom. The molecule has 0 saturated carbocycles. The molecule has 3 N–H and O–H groups in total. The molecule has 1 saturated heterocycles. The molecule has 0 aliphatic carbocycles. The Hall–Kier alpha value is -3.15. The van der Waals surface area contributed by atoms with Crippen LogP contribution in [-0.2, 0) is 6.54 Å². The lowest BCUT2D eigenvalue weighted by molar-refractivity contribution is 0.242. The van der Waals surface area contributed by atoms with Crippen LogP contribution in [0.1, 0.15) is 12.5 Å². The van der Waals surface area contributed by atoms with Gasteiger partial charge in [0.05, 0.1) is 31.6 Å². The minimum absolute atomic E-state index is 0.242. The lowest BCUT2D eigenvalue weighted by Gasteiger charge is -2.33. The van der Waals surface area contributed by atoms with Crippen molar-refractivity contribution >= 4 is 16.9 Å². The van der Waals surface area contributed by atoms with E-state index in [0.717, 1.165) is 37.3 Å². The van der Waals surface area contributed by atoms with Crippen LogP contribution in [0.25, 0.3) is 5.57 Å². The van der Waals surface area contributed by atoms with Gasteiger partial charge in [0.15, 0.2) is 0 Å². The summed E-state index contributed by atoms with van der Waals surface area (Å²) in [5, 5.41) is 7.57. The molecule has 8 heteroatoms. The van der Waals surface area contributed by atoms with Crippen LogP contribution >= 0.6 is 0 Å². The second-order valence-corrected chi connectivity index (χ2v) is 6.88. The summed E-state index contributed by atoms with van der Waals surface area (Å²) in [4.78, 5) is 21.5. The fourth-order valence-electron chi connectivity index (χ4n) is 3.25. The zero-order valence-electron chi connectivity index (χ0n) is 16.8. The van der Waals surface area contributed by atoms with E-state index in [1.54, 1.807) is 19.3 Å². The number of hydrogen-bond acceptors (Lipinski definition) is 7. The molecule has 0 unspecified atom stereocenters. The van der Waals surface area contributed by atoms with E-state index in [0.29, 0.717) is 24.6 Å². The van der Waals surface area contributed by atoms with Gasteiger partial charge in [0.2, 0.25) is 0 Å². The second kappa shape index (κ2) is 9.87. The molecule has 1 fully saturated rings. The summed E-state index contributed by atoms with van der Waals surface area (Å²) in [5.41, 5.74) is 8.43. The molecule has 1 aliphatic rings. The molecule has 0 aromatic carbocycles. The third kappa shape index (κ3) is 5.22. The Bertz CT molecular complexity index is 952. The van der Waals surface area contributed by atoms with Crippen LogP contribution in [-0.4, -0.2) is 59.1 Å². The molecule has 1 aliphatic heterocycles. The van der Waals surface area contributed by atoms with Gasteiger partial charge in [-0.05, 0) is 30.2 Å². The van der Waals surface area contributed by atoms with Crippen molar-refractivity contribution in [3.63, 3.8) is 0 Å². The lowest BCUT2D eigenvalue weighted by Crippen LogP contribution is -2.49. The maximum Gasteiger partial charge on any atom is 0.292 e. The Kier molecular flexibility index (Phi) is 7.00. The minimum atomic E-state index is -0.242. The van der Waals surface area contributed by atoms with Gasteiger partial charge in [-0.2, -0.15) is 5.10 Å². The molecule has 0 bridgehead atoms. The van der Waals surface area contributed by atoms with Crippen LogP contribution in [0, 0.1) is 11.8 Å². The van der Waals surface area contributed by atoms with Crippen molar-refractivity contribution in [1.29, 1.82) is 0 Å². The van der Waals surface area contributed by atoms with E-state index in [1.807, 2.05) is 17.0 Å². The van der Waals surface area contributed by atoms with E-state index < -0.39 is 0 Å². The van der Waals surface area contributed by atoms with Gasteiger partial charge in [0.1, 0.15) is 5.69 Å². The summed E-state index contributed by atoms with van der Waals surface area (Å²) in [7, 11) is 0. The van der Waals surface area contributed by atoms with E-state index in [9.17, 15) is 4.79 Å². The van der Waals surface area contributed by atoms with Crippen LogP contribution in [0.2, 0.25) is 0 Å². The summed E-state index contributed by atoms with van der Waals surface area (Å²) < 4.78 is 1.40. The van der Waals surface area contributed by atoms with Gasteiger partial charge in [0, 0.05) is 38.6 Å². The first-order valence-electron chi connectivity index (χ1n) is 9.61. The van der Waals surface area contributed by atoms with Crippen LogP contribution in [0.4, 0.5) is 11.4 Å². The molecule has 2 aromatic rings. The van der Waals surface area contributed by atoms with Crippen LogP contribution in [0.5, 0.6) is 0 Å². The highest BCUT2D eigenvalue weighted by molar-refractivity contribution is 5.66. The van der Waals surface area contributed by atoms with Gasteiger partial charge in [-0.3, -0.25) is 14.7 Å². The van der Waals surface area contributed by atoms with Crippen molar-refractivity contribution in [2.75, 3.05) is 50.0 Å². The predicted octanol–water partition coefficient (Wildman–Crippen LogP) is 0.626. The van der Waals surface area contributed by atoms with Crippen molar-refractivity contribution in [3.05, 3.63) is 53.2 Å². The minimum Gasteiger partial charge on any atom is -0.396 e. The highest BCUT2D eigenvalue weighted by Crippen LogP contribution is 2.19.